The number of piperidine rings is 1. The van der Waals surface area contributed by atoms with E-state index in [1.54, 1.807) is 12.1 Å². The number of carbonyl (C=O) groups is 1. The standard InChI is InChI=1S/C21H30FNO3/c1-3-19(17-7-4-10-18(22)15-17)23-12-6-9-16(20(23)24)8-5-11-21(2)25-13-14-26-21/h4,7,10,15-16,19H,3,5-6,8-9,11-14H2,1-2H3. The number of halogens is 1. The van der Waals surface area contributed by atoms with Crippen molar-refractivity contribution >= 4 is 5.91 Å². The first-order chi connectivity index (χ1) is 12.5. The fourth-order valence-electron chi connectivity index (χ4n) is 4.27. The zero-order chi connectivity index (χ0) is 18.6. The highest BCUT2D eigenvalue weighted by Crippen LogP contribution is 2.33. The summed E-state index contributed by atoms with van der Waals surface area (Å²) >= 11 is 0. The Balaban J connectivity index is 1.61. The van der Waals surface area contributed by atoms with E-state index >= 15 is 0 Å². The van der Waals surface area contributed by atoms with Crippen LogP contribution in [0.2, 0.25) is 0 Å². The molecular formula is C21H30FNO3. The number of benzene rings is 1. The smallest absolute Gasteiger partial charge is 0.226 e. The minimum absolute atomic E-state index is 0.0417. The molecule has 0 N–H and O–H groups in total. The molecule has 0 radical (unpaired) electrons. The van der Waals surface area contributed by atoms with Crippen molar-refractivity contribution in [1.82, 2.24) is 4.90 Å². The summed E-state index contributed by atoms with van der Waals surface area (Å²) in [6, 6.07) is 6.61. The maximum absolute atomic E-state index is 13.6. The lowest BCUT2D eigenvalue weighted by molar-refractivity contribution is -0.150. The first kappa shape index (κ1) is 19.3. The largest absolute Gasteiger partial charge is 0.348 e. The minimum atomic E-state index is -0.481. The molecule has 1 aromatic carbocycles. The highest BCUT2D eigenvalue weighted by atomic mass is 19.1. The molecule has 2 aliphatic rings. The Hall–Kier alpha value is -1.46. The fraction of sp³-hybridized carbons (Fsp3) is 0.667. The Kier molecular flexibility index (Phi) is 6.30. The number of carbonyl (C=O) groups excluding carboxylic acids is 1. The molecule has 0 bridgehead atoms. The van der Waals surface area contributed by atoms with Gasteiger partial charge in [-0.3, -0.25) is 4.79 Å². The van der Waals surface area contributed by atoms with Gasteiger partial charge in [-0.25, -0.2) is 4.39 Å². The first-order valence-electron chi connectivity index (χ1n) is 9.86. The summed E-state index contributed by atoms with van der Waals surface area (Å²) in [6.07, 6.45) is 5.33. The third-order valence-corrected chi connectivity index (χ3v) is 5.66. The lowest BCUT2D eigenvalue weighted by Gasteiger charge is -2.38. The van der Waals surface area contributed by atoms with Crippen LogP contribution in [0.3, 0.4) is 0 Å². The van der Waals surface area contributed by atoms with Crippen LogP contribution in [0, 0.1) is 11.7 Å². The average Bonchev–Trinajstić information content (AvgIpc) is 3.05. The predicted octanol–water partition coefficient (Wildman–Crippen LogP) is 4.45. The second-order valence-corrected chi connectivity index (χ2v) is 7.57. The highest BCUT2D eigenvalue weighted by Gasteiger charge is 2.35. The zero-order valence-electron chi connectivity index (χ0n) is 15.9. The van der Waals surface area contributed by atoms with E-state index < -0.39 is 5.79 Å². The van der Waals surface area contributed by atoms with Gasteiger partial charge in [-0.2, -0.15) is 0 Å². The van der Waals surface area contributed by atoms with Crippen LogP contribution in [0.5, 0.6) is 0 Å². The third kappa shape index (κ3) is 4.44. The zero-order valence-corrected chi connectivity index (χ0v) is 15.9. The van der Waals surface area contributed by atoms with E-state index in [1.807, 2.05) is 17.9 Å². The summed E-state index contributed by atoms with van der Waals surface area (Å²) in [5, 5.41) is 0. The second kappa shape index (κ2) is 8.49. The molecule has 2 saturated heterocycles. The van der Waals surface area contributed by atoms with E-state index in [9.17, 15) is 9.18 Å². The van der Waals surface area contributed by atoms with E-state index in [4.69, 9.17) is 9.47 Å². The number of rotatable bonds is 7. The maximum atomic E-state index is 13.6. The summed E-state index contributed by atoms with van der Waals surface area (Å²) in [6.45, 7) is 6.10. The minimum Gasteiger partial charge on any atom is -0.348 e. The Morgan fingerprint density at radius 3 is 2.81 bits per heavy atom. The normalized spacial score (nSPS) is 24.0. The van der Waals surface area contributed by atoms with Crippen molar-refractivity contribution in [3.63, 3.8) is 0 Å². The van der Waals surface area contributed by atoms with Crippen LogP contribution in [-0.2, 0) is 14.3 Å². The topological polar surface area (TPSA) is 38.8 Å². The predicted molar refractivity (Wildman–Crippen MR) is 98.0 cm³/mol. The van der Waals surface area contributed by atoms with Gasteiger partial charge in [-0.1, -0.05) is 19.1 Å². The Labute approximate surface area is 155 Å². The summed E-state index contributed by atoms with van der Waals surface area (Å²) in [7, 11) is 0. The molecular weight excluding hydrogens is 333 g/mol. The SMILES string of the molecule is CCC(c1cccc(F)c1)N1CCCC(CCCC2(C)OCCO2)C1=O. The van der Waals surface area contributed by atoms with Crippen molar-refractivity contribution in [1.29, 1.82) is 0 Å². The van der Waals surface area contributed by atoms with Gasteiger partial charge in [0.1, 0.15) is 5.82 Å². The summed E-state index contributed by atoms with van der Waals surface area (Å²) in [5.74, 6) is -0.459. The van der Waals surface area contributed by atoms with Crippen molar-refractivity contribution in [2.75, 3.05) is 19.8 Å². The molecule has 1 amide bonds. The van der Waals surface area contributed by atoms with E-state index in [0.29, 0.717) is 13.2 Å². The van der Waals surface area contributed by atoms with Crippen molar-refractivity contribution < 1.29 is 18.7 Å². The molecule has 1 aromatic rings. The molecule has 144 valence electrons. The van der Waals surface area contributed by atoms with Gasteiger partial charge in [0.25, 0.3) is 0 Å². The van der Waals surface area contributed by atoms with E-state index in [-0.39, 0.29) is 23.7 Å². The lowest BCUT2D eigenvalue weighted by Crippen LogP contribution is -2.43. The molecule has 5 heteroatoms. The number of nitrogens with zero attached hydrogens (tertiary/aromatic N) is 1. The molecule has 26 heavy (non-hydrogen) atoms. The molecule has 0 aromatic heterocycles. The van der Waals surface area contributed by atoms with Crippen LogP contribution >= 0.6 is 0 Å². The second-order valence-electron chi connectivity index (χ2n) is 7.57. The van der Waals surface area contributed by atoms with Crippen LogP contribution < -0.4 is 0 Å². The average molecular weight is 363 g/mol. The van der Waals surface area contributed by atoms with Crippen molar-refractivity contribution in [2.45, 2.75) is 64.2 Å². The van der Waals surface area contributed by atoms with Gasteiger partial charge < -0.3 is 14.4 Å². The Bertz CT molecular complexity index is 615. The lowest BCUT2D eigenvalue weighted by atomic mass is 9.89. The number of hydrogen-bond acceptors (Lipinski definition) is 3. The molecule has 2 aliphatic heterocycles. The van der Waals surface area contributed by atoms with Gasteiger partial charge in [0, 0.05) is 18.9 Å². The fourth-order valence-corrected chi connectivity index (χ4v) is 4.27. The molecule has 2 fully saturated rings. The van der Waals surface area contributed by atoms with E-state index in [2.05, 4.69) is 6.92 Å². The molecule has 2 atom stereocenters. The van der Waals surface area contributed by atoms with Crippen LogP contribution in [0.25, 0.3) is 0 Å². The van der Waals surface area contributed by atoms with Crippen molar-refractivity contribution in [2.24, 2.45) is 5.92 Å². The van der Waals surface area contributed by atoms with Crippen molar-refractivity contribution in [3.05, 3.63) is 35.6 Å². The van der Waals surface area contributed by atoms with Gasteiger partial charge in [0.2, 0.25) is 5.91 Å². The molecule has 0 saturated carbocycles. The summed E-state index contributed by atoms with van der Waals surface area (Å²) in [4.78, 5) is 15.0. The van der Waals surface area contributed by atoms with Gasteiger partial charge in [-0.05, 0) is 56.7 Å². The van der Waals surface area contributed by atoms with E-state index in [0.717, 1.165) is 50.6 Å². The van der Waals surface area contributed by atoms with Gasteiger partial charge in [0.05, 0.1) is 19.3 Å². The first-order valence-corrected chi connectivity index (χ1v) is 9.86. The molecule has 2 heterocycles. The number of ether oxygens (including phenoxy) is 2. The third-order valence-electron chi connectivity index (χ3n) is 5.66. The Morgan fingerprint density at radius 1 is 1.35 bits per heavy atom. The van der Waals surface area contributed by atoms with E-state index in [1.165, 1.54) is 6.07 Å². The van der Waals surface area contributed by atoms with Crippen LogP contribution in [-0.4, -0.2) is 36.4 Å². The number of hydrogen-bond donors (Lipinski definition) is 0. The number of amides is 1. The van der Waals surface area contributed by atoms with Gasteiger partial charge in [0.15, 0.2) is 5.79 Å². The summed E-state index contributed by atoms with van der Waals surface area (Å²) < 4.78 is 24.9. The summed E-state index contributed by atoms with van der Waals surface area (Å²) in [5.41, 5.74) is 0.891. The van der Waals surface area contributed by atoms with Crippen LogP contribution in [0.4, 0.5) is 4.39 Å². The maximum Gasteiger partial charge on any atom is 0.226 e. The quantitative estimate of drug-likeness (QED) is 0.718. The van der Waals surface area contributed by atoms with Crippen LogP contribution in [0.15, 0.2) is 24.3 Å². The molecule has 0 spiro atoms. The molecule has 4 nitrogen and oxygen atoms in total. The highest BCUT2D eigenvalue weighted by molar-refractivity contribution is 5.80. The molecule has 2 unspecified atom stereocenters. The molecule has 3 rings (SSSR count). The monoisotopic (exact) mass is 363 g/mol. The van der Waals surface area contributed by atoms with Gasteiger partial charge in [-0.15, -0.1) is 0 Å². The van der Waals surface area contributed by atoms with Crippen LogP contribution in [0.1, 0.15) is 64.0 Å². The number of likely N-dealkylation sites (tertiary alicyclic amines) is 1. The Morgan fingerprint density at radius 2 is 2.12 bits per heavy atom. The molecule has 0 aliphatic carbocycles. The van der Waals surface area contributed by atoms with Crippen molar-refractivity contribution in [3.8, 4) is 0 Å². The van der Waals surface area contributed by atoms with Gasteiger partial charge >= 0.3 is 0 Å².